The molecule has 0 aliphatic carbocycles. The standard InChI is InChI=1S/C26H25ClFN3O2/c1-3-16(2)23(15-32)29-26(33)17-8-13-21-24(14-17)31(19-11-9-18(28)10-12-19)30-25(21)20-6-4-5-7-22(20)27/h4-14,16,23,32H,3,15H2,1-2H3,(H,29,33)/t16-,23+/m0/s1. The fraction of sp³-hybridized carbons (Fsp3) is 0.231. The van der Waals surface area contributed by atoms with Gasteiger partial charge in [-0.05, 0) is 54.4 Å². The molecule has 7 heteroatoms. The average Bonchev–Trinajstić information content (AvgIpc) is 3.21. The van der Waals surface area contributed by atoms with Gasteiger partial charge in [-0.2, -0.15) is 5.10 Å². The Hall–Kier alpha value is -3.22. The predicted molar refractivity (Wildman–Crippen MR) is 129 cm³/mol. The highest BCUT2D eigenvalue weighted by molar-refractivity contribution is 6.33. The highest BCUT2D eigenvalue weighted by Gasteiger charge is 2.21. The van der Waals surface area contributed by atoms with Gasteiger partial charge in [0.25, 0.3) is 5.91 Å². The van der Waals surface area contributed by atoms with Crippen LogP contribution in [0.2, 0.25) is 5.02 Å². The maximum atomic E-state index is 13.5. The maximum Gasteiger partial charge on any atom is 0.251 e. The molecule has 1 heterocycles. The van der Waals surface area contributed by atoms with Crippen molar-refractivity contribution in [2.75, 3.05) is 6.61 Å². The number of benzene rings is 3. The van der Waals surface area contributed by atoms with E-state index in [1.165, 1.54) is 12.1 Å². The molecule has 4 rings (SSSR count). The summed E-state index contributed by atoms with van der Waals surface area (Å²) in [5.41, 5.74) is 3.22. The first-order valence-corrected chi connectivity index (χ1v) is 11.3. The third-order valence-electron chi connectivity index (χ3n) is 5.99. The van der Waals surface area contributed by atoms with Crippen molar-refractivity contribution in [1.82, 2.24) is 15.1 Å². The minimum absolute atomic E-state index is 0.132. The number of carbonyl (C=O) groups excluding carboxylic acids is 1. The molecule has 0 aliphatic heterocycles. The van der Waals surface area contributed by atoms with Crippen molar-refractivity contribution in [1.29, 1.82) is 0 Å². The van der Waals surface area contributed by atoms with Gasteiger partial charge in [0.2, 0.25) is 0 Å². The first-order valence-electron chi connectivity index (χ1n) is 10.9. The normalized spacial score (nSPS) is 13.1. The van der Waals surface area contributed by atoms with Gasteiger partial charge in [-0.1, -0.05) is 50.1 Å². The van der Waals surface area contributed by atoms with Crippen LogP contribution in [0.25, 0.3) is 27.8 Å². The maximum absolute atomic E-state index is 13.5. The summed E-state index contributed by atoms with van der Waals surface area (Å²) in [6, 6.07) is 18.4. The second-order valence-electron chi connectivity index (χ2n) is 8.10. The van der Waals surface area contributed by atoms with E-state index in [1.807, 2.05) is 38.1 Å². The minimum Gasteiger partial charge on any atom is -0.394 e. The number of carbonyl (C=O) groups is 1. The zero-order valence-corrected chi connectivity index (χ0v) is 19.2. The highest BCUT2D eigenvalue weighted by Crippen LogP contribution is 2.34. The summed E-state index contributed by atoms with van der Waals surface area (Å²) in [4.78, 5) is 13.0. The second kappa shape index (κ2) is 9.73. The summed E-state index contributed by atoms with van der Waals surface area (Å²) in [7, 11) is 0. The number of nitrogens with one attached hydrogen (secondary N) is 1. The summed E-state index contributed by atoms with van der Waals surface area (Å²) in [5.74, 6) is -0.483. The van der Waals surface area contributed by atoms with Gasteiger partial charge in [0, 0.05) is 16.5 Å². The molecule has 2 atom stereocenters. The Bertz CT molecular complexity index is 1290. The summed E-state index contributed by atoms with van der Waals surface area (Å²) in [5, 5.41) is 18.8. The number of hydrogen-bond donors (Lipinski definition) is 2. The second-order valence-corrected chi connectivity index (χ2v) is 8.50. The molecule has 0 unspecified atom stereocenters. The lowest BCUT2D eigenvalue weighted by atomic mass is 9.99. The fourth-order valence-electron chi connectivity index (χ4n) is 3.79. The molecule has 0 saturated heterocycles. The number of aromatic nitrogens is 2. The first-order chi connectivity index (χ1) is 15.9. The van der Waals surface area contributed by atoms with E-state index in [9.17, 15) is 14.3 Å². The molecule has 0 bridgehead atoms. The number of aliphatic hydroxyl groups is 1. The largest absolute Gasteiger partial charge is 0.394 e. The molecular formula is C26H25ClFN3O2. The molecule has 1 aromatic heterocycles. The lowest BCUT2D eigenvalue weighted by Gasteiger charge is -2.22. The quantitative estimate of drug-likeness (QED) is 0.372. The van der Waals surface area contributed by atoms with E-state index in [0.29, 0.717) is 27.5 Å². The molecule has 33 heavy (non-hydrogen) atoms. The van der Waals surface area contributed by atoms with Crippen LogP contribution in [0.15, 0.2) is 66.7 Å². The third-order valence-corrected chi connectivity index (χ3v) is 6.32. The zero-order chi connectivity index (χ0) is 23.5. The zero-order valence-electron chi connectivity index (χ0n) is 18.4. The van der Waals surface area contributed by atoms with Crippen LogP contribution in [0.4, 0.5) is 4.39 Å². The number of nitrogens with zero attached hydrogens (tertiary/aromatic N) is 2. The molecule has 5 nitrogen and oxygen atoms in total. The Balaban J connectivity index is 1.84. The molecule has 0 fully saturated rings. The van der Waals surface area contributed by atoms with Crippen molar-refractivity contribution in [3.63, 3.8) is 0 Å². The third kappa shape index (κ3) is 4.63. The molecule has 1 amide bonds. The van der Waals surface area contributed by atoms with E-state index < -0.39 is 0 Å². The van der Waals surface area contributed by atoms with Crippen molar-refractivity contribution in [3.8, 4) is 16.9 Å². The van der Waals surface area contributed by atoms with Gasteiger partial charge >= 0.3 is 0 Å². The molecule has 170 valence electrons. The molecule has 0 saturated carbocycles. The van der Waals surface area contributed by atoms with Gasteiger partial charge < -0.3 is 10.4 Å². The smallest absolute Gasteiger partial charge is 0.251 e. The SMILES string of the molecule is CC[C@H](C)[C@@H](CO)NC(=O)c1ccc2c(-c3ccccc3Cl)nn(-c3ccc(F)cc3)c2c1. The lowest BCUT2D eigenvalue weighted by molar-refractivity contribution is 0.0891. The number of halogens is 2. The van der Waals surface area contributed by atoms with E-state index in [-0.39, 0.29) is 30.3 Å². The summed E-state index contributed by atoms with van der Waals surface area (Å²) < 4.78 is 15.2. The first kappa shape index (κ1) is 23.0. The van der Waals surface area contributed by atoms with Crippen LogP contribution in [-0.2, 0) is 0 Å². The Morgan fingerprint density at radius 1 is 1.15 bits per heavy atom. The Kier molecular flexibility index (Phi) is 6.77. The Morgan fingerprint density at radius 3 is 2.55 bits per heavy atom. The monoisotopic (exact) mass is 465 g/mol. The number of hydrogen-bond acceptors (Lipinski definition) is 3. The van der Waals surface area contributed by atoms with Gasteiger partial charge in [0.05, 0.1) is 28.9 Å². The van der Waals surface area contributed by atoms with E-state index in [0.717, 1.165) is 17.4 Å². The van der Waals surface area contributed by atoms with Crippen molar-refractivity contribution in [3.05, 3.63) is 83.1 Å². The van der Waals surface area contributed by atoms with Crippen LogP contribution in [0, 0.1) is 11.7 Å². The molecule has 3 aromatic carbocycles. The van der Waals surface area contributed by atoms with Crippen molar-refractivity contribution in [2.45, 2.75) is 26.3 Å². The van der Waals surface area contributed by atoms with E-state index >= 15 is 0 Å². The number of amides is 1. The molecule has 0 spiro atoms. The van der Waals surface area contributed by atoms with Gasteiger partial charge in [-0.3, -0.25) is 4.79 Å². The van der Waals surface area contributed by atoms with Gasteiger partial charge in [-0.15, -0.1) is 0 Å². The van der Waals surface area contributed by atoms with Gasteiger partial charge in [0.15, 0.2) is 0 Å². The summed E-state index contributed by atoms with van der Waals surface area (Å²) in [6.45, 7) is 3.88. The highest BCUT2D eigenvalue weighted by atomic mass is 35.5. The molecule has 2 N–H and O–H groups in total. The van der Waals surface area contributed by atoms with Crippen LogP contribution in [0.5, 0.6) is 0 Å². The van der Waals surface area contributed by atoms with Crippen LogP contribution in [0.3, 0.4) is 0 Å². The van der Waals surface area contributed by atoms with Gasteiger partial charge in [0.1, 0.15) is 11.5 Å². The van der Waals surface area contributed by atoms with Crippen LogP contribution in [-0.4, -0.2) is 33.4 Å². The van der Waals surface area contributed by atoms with Crippen molar-refractivity contribution < 1.29 is 14.3 Å². The number of fused-ring (bicyclic) bond motifs is 1. The van der Waals surface area contributed by atoms with Crippen molar-refractivity contribution in [2.24, 2.45) is 5.92 Å². The average molecular weight is 466 g/mol. The van der Waals surface area contributed by atoms with Gasteiger partial charge in [-0.25, -0.2) is 9.07 Å². The van der Waals surface area contributed by atoms with E-state index in [1.54, 1.807) is 35.0 Å². The number of rotatable bonds is 7. The lowest BCUT2D eigenvalue weighted by Crippen LogP contribution is -2.41. The fourth-order valence-corrected chi connectivity index (χ4v) is 4.02. The van der Waals surface area contributed by atoms with E-state index in [4.69, 9.17) is 16.7 Å². The van der Waals surface area contributed by atoms with Crippen LogP contribution >= 0.6 is 11.6 Å². The van der Waals surface area contributed by atoms with E-state index in [2.05, 4.69) is 5.32 Å². The molecular weight excluding hydrogens is 441 g/mol. The topological polar surface area (TPSA) is 67.2 Å². The Morgan fingerprint density at radius 2 is 1.88 bits per heavy atom. The molecule has 0 radical (unpaired) electrons. The summed E-state index contributed by atoms with van der Waals surface area (Å²) >= 11 is 6.45. The minimum atomic E-state index is -0.346. The van der Waals surface area contributed by atoms with Crippen LogP contribution < -0.4 is 5.32 Å². The van der Waals surface area contributed by atoms with Crippen LogP contribution in [0.1, 0.15) is 30.6 Å². The molecule has 0 aliphatic rings. The number of aliphatic hydroxyl groups excluding tert-OH is 1. The summed E-state index contributed by atoms with van der Waals surface area (Å²) in [6.07, 6.45) is 0.836. The predicted octanol–water partition coefficient (Wildman–Crippen LogP) is 5.62. The Labute approximate surface area is 196 Å². The van der Waals surface area contributed by atoms with Crippen molar-refractivity contribution >= 4 is 28.4 Å². The molecule has 4 aromatic rings.